The predicted molar refractivity (Wildman–Crippen MR) is 68.8 cm³/mol. The Morgan fingerprint density at radius 1 is 1.39 bits per heavy atom. The maximum atomic E-state index is 11.0. The predicted octanol–water partition coefficient (Wildman–Crippen LogP) is 2.44. The molecule has 1 N–H and O–H groups in total. The average Bonchev–Trinajstić information content (AvgIpc) is 2.64. The van der Waals surface area contributed by atoms with Gasteiger partial charge in [-0.2, -0.15) is 0 Å². The molecule has 0 unspecified atom stereocenters. The second-order valence-electron chi connectivity index (χ2n) is 4.31. The van der Waals surface area contributed by atoms with E-state index in [1.165, 1.54) is 0 Å². The molecule has 0 aromatic carbocycles. The molecule has 4 heteroatoms. The van der Waals surface area contributed by atoms with Gasteiger partial charge in [0, 0.05) is 36.2 Å². The van der Waals surface area contributed by atoms with Gasteiger partial charge in [0.15, 0.2) is 0 Å². The van der Waals surface area contributed by atoms with Gasteiger partial charge < -0.3 is 9.67 Å². The minimum atomic E-state index is -0.868. The van der Waals surface area contributed by atoms with E-state index >= 15 is 0 Å². The zero-order chi connectivity index (χ0) is 13.1. The van der Waals surface area contributed by atoms with Crippen molar-refractivity contribution in [2.45, 2.75) is 26.8 Å². The molecule has 2 aromatic heterocycles. The van der Waals surface area contributed by atoms with E-state index < -0.39 is 5.97 Å². The zero-order valence-corrected chi connectivity index (χ0v) is 10.6. The molecule has 0 aliphatic rings. The molecule has 94 valence electrons. The van der Waals surface area contributed by atoms with Gasteiger partial charge in [-0.25, -0.2) is 4.79 Å². The van der Waals surface area contributed by atoms with Crippen LogP contribution in [-0.2, 0) is 13.0 Å². The van der Waals surface area contributed by atoms with Gasteiger partial charge in [-0.15, -0.1) is 0 Å². The van der Waals surface area contributed by atoms with Crippen molar-refractivity contribution < 1.29 is 9.90 Å². The van der Waals surface area contributed by atoms with Crippen LogP contribution in [0.1, 0.15) is 27.4 Å². The van der Waals surface area contributed by atoms with Crippen molar-refractivity contribution in [3.05, 3.63) is 53.1 Å². The van der Waals surface area contributed by atoms with Crippen LogP contribution in [0.2, 0.25) is 0 Å². The number of carbonyl (C=O) groups is 1. The highest BCUT2D eigenvalue weighted by atomic mass is 16.4. The van der Waals surface area contributed by atoms with E-state index in [0.717, 1.165) is 30.0 Å². The average molecular weight is 244 g/mol. The number of aromatic nitrogens is 2. The summed E-state index contributed by atoms with van der Waals surface area (Å²) in [5.74, 6) is -0.868. The van der Waals surface area contributed by atoms with Gasteiger partial charge >= 0.3 is 5.97 Å². The second-order valence-corrected chi connectivity index (χ2v) is 4.31. The molecule has 0 bridgehead atoms. The molecule has 0 amide bonds. The fourth-order valence-corrected chi connectivity index (χ4v) is 2.13. The van der Waals surface area contributed by atoms with Gasteiger partial charge in [-0.1, -0.05) is 6.07 Å². The Hall–Kier alpha value is -2.10. The monoisotopic (exact) mass is 244 g/mol. The quantitative estimate of drug-likeness (QED) is 0.898. The standard InChI is InChI=1S/C14H16N2O2/c1-10-9-13(14(17)18)11(2)16(10)8-6-12-5-3-4-7-15-12/h3-5,7,9H,6,8H2,1-2H3,(H,17,18). The third kappa shape index (κ3) is 2.42. The van der Waals surface area contributed by atoms with Crippen molar-refractivity contribution >= 4 is 5.97 Å². The lowest BCUT2D eigenvalue weighted by atomic mass is 10.2. The van der Waals surface area contributed by atoms with Gasteiger partial charge in [0.25, 0.3) is 0 Å². The number of nitrogens with zero attached hydrogens (tertiary/aromatic N) is 2. The second kappa shape index (κ2) is 5.04. The lowest BCUT2D eigenvalue weighted by molar-refractivity contribution is 0.0696. The minimum absolute atomic E-state index is 0.383. The molecule has 0 aliphatic carbocycles. The Morgan fingerprint density at radius 3 is 2.72 bits per heavy atom. The highest BCUT2D eigenvalue weighted by Gasteiger charge is 2.14. The molecule has 2 aromatic rings. The summed E-state index contributed by atoms with van der Waals surface area (Å²) in [6.45, 7) is 4.52. The summed E-state index contributed by atoms with van der Waals surface area (Å²) in [5, 5.41) is 9.06. The Bertz CT molecular complexity index is 559. The molecular formula is C14H16N2O2. The number of pyridine rings is 1. The van der Waals surface area contributed by atoms with Crippen LogP contribution in [0.15, 0.2) is 30.5 Å². The number of aryl methyl sites for hydroxylation is 2. The third-order valence-corrected chi connectivity index (χ3v) is 3.12. The van der Waals surface area contributed by atoms with E-state index in [9.17, 15) is 4.79 Å². The Labute approximate surface area is 106 Å². The normalized spacial score (nSPS) is 10.6. The summed E-state index contributed by atoms with van der Waals surface area (Å²) >= 11 is 0. The van der Waals surface area contributed by atoms with Crippen LogP contribution in [-0.4, -0.2) is 20.6 Å². The van der Waals surface area contributed by atoms with Crippen LogP contribution >= 0.6 is 0 Å². The van der Waals surface area contributed by atoms with Crippen LogP contribution in [0.4, 0.5) is 0 Å². The SMILES string of the molecule is Cc1cc(C(=O)O)c(C)n1CCc1ccccn1. The molecule has 0 spiro atoms. The van der Waals surface area contributed by atoms with Crippen LogP contribution in [0, 0.1) is 13.8 Å². The van der Waals surface area contributed by atoms with Crippen molar-refractivity contribution in [3.8, 4) is 0 Å². The molecule has 4 nitrogen and oxygen atoms in total. The molecular weight excluding hydrogens is 228 g/mol. The summed E-state index contributed by atoms with van der Waals surface area (Å²) in [6.07, 6.45) is 2.57. The van der Waals surface area contributed by atoms with Crippen LogP contribution in [0.5, 0.6) is 0 Å². The van der Waals surface area contributed by atoms with Crippen molar-refractivity contribution in [2.75, 3.05) is 0 Å². The van der Waals surface area contributed by atoms with Crippen LogP contribution in [0.25, 0.3) is 0 Å². The maximum absolute atomic E-state index is 11.0. The van der Waals surface area contributed by atoms with E-state index in [-0.39, 0.29) is 0 Å². The van der Waals surface area contributed by atoms with Gasteiger partial charge in [0.1, 0.15) is 0 Å². The number of carboxylic acids is 1. The molecule has 0 aliphatic heterocycles. The first-order valence-electron chi connectivity index (χ1n) is 5.89. The van der Waals surface area contributed by atoms with Gasteiger partial charge in [0.05, 0.1) is 5.56 Å². The summed E-state index contributed by atoms with van der Waals surface area (Å²) in [5.41, 5.74) is 3.17. The van der Waals surface area contributed by atoms with Crippen molar-refractivity contribution in [3.63, 3.8) is 0 Å². The van der Waals surface area contributed by atoms with E-state index in [1.54, 1.807) is 12.3 Å². The van der Waals surface area contributed by atoms with Crippen molar-refractivity contribution in [2.24, 2.45) is 0 Å². The van der Waals surface area contributed by atoms with Crippen LogP contribution < -0.4 is 0 Å². The van der Waals surface area contributed by atoms with E-state index in [4.69, 9.17) is 5.11 Å². The number of hydrogen-bond donors (Lipinski definition) is 1. The molecule has 0 atom stereocenters. The smallest absolute Gasteiger partial charge is 0.337 e. The first kappa shape index (κ1) is 12.4. The molecule has 0 saturated carbocycles. The topological polar surface area (TPSA) is 55.1 Å². The van der Waals surface area contributed by atoms with E-state index in [1.807, 2.05) is 36.6 Å². The zero-order valence-electron chi connectivity index (χ0n) is 10.6. The first-order valence-corrected chi connectivity index (χ1v) is 5.89. The van der Waals surface area contributed by atoms with Crippen molar-refractivity contribution in [1.82, 2.24) is 9.55 Å². The molecule has 0 fully saturated rings. The molecule has 18 heavy (non-hydrogen) atoms. The number of carboxylic acid groups (broad SMARTS) is 1. The summed E-state index contributed by atoms with van der Waals surface area (Å²) in [7, 11) is 0. The fourth-order valence-electron chi connectivity index (χ4n) is 2.13. The maximum Gasteiger partial charge on any atom is 0.337 e. The Kier molecular flexibility index (Phi) is 3.46. The first-order chi connectivity index (χ1) is 8.59. The Morgan fingerprint density at radius 2 is 2.17 bits per heavy atom. The van der Waals surface area contributed by atoms with Gasteiger partial charge in [0.2, 0.25) is 0 Å². The largest absolute Gasteiger partial charge is 0.478 e. The van der Waals surface area contributed by atoms with Gasteiger partial charge in [-0.05, 0) is 32.0 Å². The summed E-state index contributed by atoms with van der Waals surface area (Å²) in [6, 6.07) is 7.54. The third-order valence-electron chi connectivity index (χ3n) is 3.12. The number of hydrogen-bond acceptors (Lipinski definition) is 2. The Balaban J connectivity index is 2.17. The number of aromatic carboxylic acids is 1. The highest BCUT2D eigenvalue weighted by molar-refractivity contribution is 5.89. The molecule has 2 heterocycles. The number of rotatable bonds is 4. The summed E-state index contributed by atoms with van der Waals surface area (Å²) in [4.78, 5) is 15.3. The lowest BCUT2D eigenvalue weighted by Gasteiger charge is -2.08. The molecule has 2 rings (SSSR count). The lowest BCUT2D eigenvalue weighted by Crippen LogP contribution is -2.07. The molecule has 0 radical (unpaired) electrons. The fraction of sp³-hybridized carbons (Fsp3) is 0.286. The van der Waals surface area contributed by atoms with Crippen molar-refractivity contribution in [1.29, 1.82) is 0 Å². The van der Waals surface area contributed by atoms with E-state index in [0.29, 0.717) is 5.56 Å². The van der Waals surface area contributed by atoms with Crippen LogP contribution in [0.3, 0.4) is 0 Å². The molecule has 0 saturated heterocycles. The highest BCUT2D eigenvalue weighted by Crippen LogP contribution is 2.15. The summed E-state index contributed by atoms with van der Waals surface area (Å²) < 4.78 is 2.03. The van der Waals surface area contributed by atoms with E-state index in [2.05, 4.69) is 4.98 Å². The minimum Gasteiger partial charge on any atom is -0.478 e. The van der Waals surface area contributed by atoms with Gasteiger partial charge in [-0.3, -0.25) is 4.98 Å².